The van der Waals surface area contributed by atoms with E-state index in [2.05, 4.69) is 5.32 Å². The van der Waals surface area contributed by atoms with Crippen LogP contribution in [0.5, 0.6) is 0 Å². The molecule has 0 fully saturated rings. The number of benzene rings is 1. The molecule has 1 aromatic carbocycles. The number of nitrogens with two attached hydrogens (primary N) is 1. The van der Waals surface area contributed by atoms with Crippen molar-refractivity contribution in [1.82, 2.24) is 5.32 Å². The minimum atomic E-state index is -0.490. The number of nitrogen functional groups attached to an aromatic ring is 1. The minimum absolute atomic E-state index is 0.00160. The Balaban J connectivity index is 2.86. The van der Waals surface area contributed by atoms with E-state index < -0.39 is 5.82 Å². The number of anilines is 1. The van der Waals surface area contributed by atoms with Crippen LogP contribution in [0.25, 0.3) is 0 Å². The van der Waals surface area contributed by atoms with Gasteiger partial charge in [0.25, 0.3) is 5.91 Å². The monoisotopic (exact) mass is 256 g/mol. The smallest absolute Gasteiger partial charge is 0.251 e. The Kier molecular flexibility index (Phi) is 4.81. The molecule has 1 aromatic rings. The second kappa shape index (κ2) is 5.91. The third kappa shape index (κ3) is 3.63. The predicted molar refractivity (Wildman–Crippen MR) is 70.9 cm³/mol. The number of hydrogen-bond acceptors (Lipinski definition) is 3. The van der Waals surface area contributed by atoms with Crippen molar-refractivity contribution in [2.45, 2.75) is 19.9 Å². The molecule has 1 atom stereocenters. The molecule has 1 amide bonds. The van der Waals surface area contributed by atoms with Gasteiger partial charge in [-0.1, -0.05) is 0 Å². The fourth-order valence-electron chi connectivity index (χ4n) is 1.53. The van der Waals surface area contributed by atoms with Gasteiger partial charge in [-0.15, -0.1) is 0 Å². The molecule has 0 aliphatic carbocycles. The van der Waals surface area contributed by atoms with Gasteiger partial charge in [0.2, 0.25) is 0 Å². The highest BCUT2D eigenvalue weighted by Crippen LogP contribution is 2.17. The Bertz CT molecular complexity index is 423. The van der Waals surface area contributed by atoms with Crippen LogP contribution < -0.4 is 11.1 Å². The lowest BCUT2D eigenvalue weighted by atomic mass is 10.1. The van der Waals surface area contributed by atoms with Crippen LogP contribution in [-0.4, -0.2) is 24.0 Å². The van der Waals surface area contributed by atoms with E-state index in [1.54, 1.807) is 18.7 Å². The summed E-state index contributed by atoms with van der Waals surface area (Å²) in [6.07, 6.45) is 1.98. The second-order valence-electron chi connectivity index (χ2n) is 4.02. The molecular weight excluding hydrogens is 239 g/mol. The molecule has 0 saturated carbocycles. The van der Waals surface area contributed by atoms with Crippen molar-refractivity contribution in [3.8, 4) is 0 Å². The molecular formula is C12H17FN2OS. The Morgan fingerprint density at radius 1 is 1.59 bits per heavy atom. The molecule has 0 aromatic heterocycles. The van der Waals surface area contributed by atoms with Gasteiger partial charge in [0.1, 0.15) is 5.82 Å². The van der Waals surface area contributed by atoms with Crippen molar-refractivity contribution in [2.24, 2.45) is 0 Å². The molecule has 0 heterocycles. The quantitative estimate of drug-likeness (QED) is 0.812. The normalized spacial score (nSPS) is 12.2. The molecule has 1 rings (SSSR count). The minimum Gasteiger partial charge on any atom is -0.396 e. The number of aryl methyl sites for hydroxylation is 1. The van der Waals surface area contributed by atoms with E-state index in [9.17, 15) is 9.18 Å². The van der Waals surface area contributed by atoms with Crippen LogP contribution in [0, 0.1) is 12.7 Å². The highest BCUT2D eigenvalue weighted by atomic mass is 32.2. The molecule has 17 heavy (non-hydrogen) atoms. The van der Waals surface area contributed by atoms with Crippen molar-refractivity contribution >= 4 is 23.4 Å². The lowest BCUT2D eigenvalue weighted by Gasteiger charge is -2.14. The van der Waals surface area contributed by atoms with Crippen molar-refractivity contribution < 1.29 is 9.18 Å². The van der Waals surface area contributed by atoms with Gasteiger partial charge >= 0.3 is 0 Å². The van der Waals surface area contributed by atoms with Crippen molar-refractivity contribution in [3.63, 3.8) is 0 Å². The standard InChI is InChI=1S/C12H17FN2OS/c1-7-4-10(13)11(14)5-9(7)12(16)15-8(2)6-17-3/h4-5,8H,6,14H2,1-3H3,(H,15,16). The van der Waals surface area contributed by atoms with E-state index in [4.69, 9.17) is 5.73 Å². The zero-order valence-electron chi connectivity index (χ0n) is 10.2. The lowest BCUT2D eigenvalue weighted by molar-refractivity contribution is 0.0943. The molecule has 0 bridgehead atoms. The SMILES string of the molecule is CSCC(C)NC(=O)c1cc(N)c(F)cc1C. The first-order valence-electron chi connectivity index (χ1n) is 5.31. The van der Waals surface area contributed by atoms with Crippen LogP contribution in [0.4, 0.5) is 10.1 Å². The molecule has 5 heteroatoms. The third-order valence-electron chi connectivity index (χ3n) is 2.38. The summed E-state index contributed by atoms with van der Waals surface area (Å²) < 4.78 is 13.1. The Morgan fingerprint density at radius 2 is 2.24 bits per heavy atom. The number of rotatable bonds is 4. The number of amides is 1. The van der Waals surface area contributed by atoms with Gasteiger partial charge in [-0.2, -0.15) is 11.8 Å². The van der Waals surface area contributed by atoms with Crippen LogP contribution in [0.15, 0.2) is 12.1 Å². The fraction of sp³-hybridized carbons (Fsp3) is 0.417. The molecule has 0 aliphatic rings. The van der Waals surface area contributed by atoms with Crippen LogP contribution in [0.3, 0.4) is 0 Å². The van der Waals surface area contributed by atoms with Gasteiger partial charge in [0.15, 0.2) is 0 Å². The summed E-state index contributed by atoms with van der Waals surface area (Å²) >= 11 is 1.66. The van der Waals surface area contributed by atoms with Gasteiger partial charge in [-0.25, -0.2) is 4.39 Å². The number of halogens is 1. The summed E-state index contributed by atoms with van der Waals surface area (Å²) in [5.41, 5.74) is 6.47. The Hall–Kier alpha value is -1.23. The molecule has 1 unspecified atom stereocenters. The highest BCUT2D eigenvalue weighted by molar-refractivity contribution is 7.98. The van der Waals surface area contributed by atoms with Crippen molar-refractivity contribution in [1.29, 1.82) is 0 Å². The molecule has 0 saturated heterocycles. The first-order valence-corrected chi connectivity index (χ1v) is 6.70. The van der Waals surface area contributed by atoms with E-state index >= 15 is 0 Å². The highest BCUT2D eigenvalue weighted by Gasteiger charge is 2.14. The zero-order valence-corrected chi connectivity index (χ0v) is 11.0. The second-order valence-corrected chi connectivity index (χ2v) is 4.93. The van der Waals surface area contributed by atoms with E-state index in [1.807, 2.05) is 13.2 Å². The largest absolute Gasteiger partial charge is 0.396 e. The van der Waals surface area contributed by atoms with Gasteiger partial charge in [0, 0.05) is 17.4 Å². The maximum atomic E-state index is 13.1. The molecule has 3 N–H and O–H groups in total. The fourth-order valence-corrected chi connectivity index (χ4v) is 2.11. The van der Waals surface area contributed by atoms with E-state index in [-0.39, 0.29) is 17.6 Å². The Morgan fingerprint density at radius 3 is 2.82 bits per heavy atom. The molecule has 0 aliphatic heterocycles. The molecule has 0 radical (unpaired) electrons. The summed E-state index contributed by atoms with van der Waals surface area (Å²) in [4.78, 5) is 11.9. The van der Waals surface area contributed by atoms with Gasteiger partial charge < -0.3 is 11.1 Å². The van der Waals surface area contributed by atoms with E-state index in [0.717, 1.165) is 5.75 Å². The van der Waals surface area contributed by atoms with Crippen LogP contribution in [0.1, 0.15) is 22.8 Å². The third-order valence-corrected chi connectivity index (χ3v) is 3.22. The maximum Gasteiger partial charge on any atom is 0.251 e. The first-order chi connectivity index (χ1) is 7.95. The molecule has 0 spiro atoms. The van der Waals surface area contributed by atoms with E-state index in [0.29, 0.717) is 11.1 Å². The number of carbonyl (C=O) groups is 1. The lowest BCUT2D eigenvalue weighted by Crippen LogP contribution is -2.34. The van der Waals surface area contributed by atoms with Crippen LogP contribution in [0.2, 0.25) is 0 Å². The number of hydrogen-bond donors (Lipinski definition) is 2. The number of nitrogens with one attached hydrogen (secondary N) is 1. The topological polar surface area (TPSA) is 55.1 Å². The van der Waals surface area contributed by atoms with Crippen LogP contribution >= 0.6 is 11.8 Å². The van der Waals surface area contributed by atoms with Gasteiger partial charge in [0.05, 0.1) is 5.69 Å². The summed E-state index contributed by atoms with van der Waals surface area (Å²) in [7, 11) is 0. The van der Waals surface area contributed by atoms with Crippen LogP contribution in [-0.2, 0) is 0 Å². The number of thioether (sulfide) groups is 1. The molecule has 3 nitrogen and oxygen atoms in total. The van der Waals surface area contributed by atoms with Crippen molar-refractivity contribution in [3.05, 3.63) is 29.1 Å². The molecule has 94 valence electrons. The average molecular weight is 256 g/mol. The van der Waals surface area contributed by atoms with Gasteiger partial charge in [-0.3, -0.25) is 4.79 Å². The summed E-state index contributed by atoms with van der Waals surface area (Å²) in [5.74, 6) is 0.133. The number of carbonyl (C=O) groups excluding carboxylic acids is 1. The summed E-state index contributed by atoms with van der Waals surface area (Å²) in [6.45, 7) is 3.62. The predicted octanol–water partition coefficient (Wildman–Crippen LogP) is 2.20. The Labute approximate surface area is 105 Å². The van der Waals surface area contributed by atoms with E-state index in [1.165, 1.54) is 12.1 Å². The summed E-state index contributed by atoms with van der Waals surface area (Å²) in [6, 6.07) is 2.73. The van der Waals surface area contributed by atoms with Crippen molar-refractivity contribution in [2.75, 3.05) is 17.7 Å². The maximum absolute atomic E-state index is 13.1. The van der Waals surface area contributed by atoms with Gasteiger partial charge in [-0.05, 0) is 37.8 Å². The zero-order chi connectivity index (χ0) is 13.0. The average Bonchev–Trinajstić information content (AvgIpc) is 2.23. The first kappa shape index (κ1) is 13.8. The summed E-state index contributed by atoms with van der Waals surface area (Å²) in [5, 5.41) is 2.85.